The molecule has 1 aromatic carbocycles. The average molecular weight is 264 g/mol. The van der Waals surface area contributed by atoms with E-state index in [1.54, 1.807) is 12.0 Å². The van der Waals surface area contributed by atoms with Crippen molar-refractivity contribution in [1.29, 1.82) is 0 Å². The molecule has 0 spiro atoms. The molecule has 1 aliphatic heterocycles. The first-order valence-corrected chi connectivity index (χ1v) is 6.40. The number of nitrogens with two attached hydrogens (primary N) is 1. The van der Waals surface area contributed by atoms with Gasteiger partial charge in [0.1, 0.15) is 6.61 Å². The highest BCUT2D eigenvalue weighted by Crippen LogP contribution is 2.33. The van der Waals surface area contributed by atoms with E-state index < -0.39 is 0 Å². The van der Waals surface area contributed by atoms with Crippen molar-refractivity contribution in [2.24, 2.45) is 0 Å². The number of nitrogen functional groups attached to an aromatic ring is 1. The number of amides is 1. The molecule has 1 atom stereocenters. The van der Waals surface area contributed by atoms with Crippen molar-refractivity contribution in [1.82, 2.24) is 0 Å². The van der Waals surface area contributed by atoms with Gasteiger partial charge in [-0.15, -0.1) is 0 Å². The summed E-state index contributed by atoms with van der Waals surface area (Å²) in [5.74, 6) is -0.0212. The lowest BCUT2D eigenvalue weighted by Gasteiger charge is -2.22. The van der Waals surface area contributed by atoms with Crippen LogP contribution in [0.5, 0.6) is 0 Å². The van der Waals surface area contributed by atoms with Crippen molar-refractivity contribution >= 4 is 17.3 Å². The summed E-state index contributed by atoms with van der Waals surface area (Å²) in [6.07, 6.45) is 0.837. The van der Waals surface area contributed by atoms with Crippen LogP contribution in [0.15, 0.2) is 18.2 Å². The van der Waals surface area contributed by atoms with Crippen LogP contribution in [-0.4, -0.2) is 38.9 Å². The Morgan fingerprint density at radius 3 is 3.00 bits per heavy atom. The molecule has 1 heterocycles. The fourth-order valence-corrected chi connectivity index (χ4v) is 2.40. The first kappa shape index (κ1) is 13.8. The topological polar surface area (TPSA) is 64.8 Å². The van der Waals surface area contributed by atoms with E-state index >= 15 is 0 Å². The molecule has 0 fully saturated rings. The molecule has 0 bridgehead atoms. The van der Waals surface area contributed by atoms with E-state index in [1.807, 2.05) is 25.1 Å². The molecule has 1 unspecified atom stereocenters. The summed E-state index contributed by atoms with van der Waals surface area (Å²) in [6.45, 7) is 3.04. The molecule has 5 heteroatoms. The third-order valence-electron chi connectivity index (χ3n) is 3.25. The number of anilines is 2. The van der Waals surface area contributed by atoms with Crippen molar-refractivity contribution in [2.75, 3.05) is 37.6 Å². The molecule has 104 valence electrons. The quantitative estimate of drug-likeness (QED) is 0.641. The molecule has 5 nitrogen and oxygen atoms in total. The van der Waals surface area contributed by atoms with Crippen molar-refractivity contribution in [3.63, 3.8) is 0 Å². The van der Waals surface area contributed by atoms with Crippen molar-refractivity contribution in [2.45, 2.75) is 19.4 Å². The van der Waals surface area contributed by atoms with E-state index in [-0.39, 0.29) is 18.6 Å². The van der Waals surface area contributed by atoms with Crippen LogP contribution in [0.3, 0.4) is 0 Å². The van der Waals surface area contributed by atoms with E-state index in [0.717, 1.165) is 23.4 Å². The molecule has 0 radical (unpaired) electrons. The number of carbonyl (C=O) groups excluding carboxylic acids is 1. The zero-order valence-electron chi connectivity index (χ0n) is 11.4. The van der Waals surface area contributed by atoms with Crippen LogP contribution < -0.4 is 10.6 Å². The van der Waals surface area contributed by atoms with Gasteiger partial charge in [-0.05, 0) is 37.1 Å². The predicted molar refractivity (Wildman–Crippen MR) is 74.2 cm³/mol. The van der Waals surface area contributed by atoms with Crippen molar-refractivity contribution < 1.29 is 14.3 Å². The van der Waals surface area contributed by atoms with Crippen LogP contribution in [0.25, 0.3) is 0 Å². The third-order valence-corrected chi connectivity index (χ3v) is 3.25. The minimum absolute atomic E-state index is 0.0212. The SMILES string of the molecule is COCCOCC(=O)N1c2ccc(N)cc2CC1C. The first-order valence-electron chi connectivity index (χ1n) is 6.40. The Morgan fingerprint density at radius 2 is 2.26 bits per heavy atom. The van der Waals surface area contributed by atoms with Gasteiger partial charge in [-0.25, -0.2) is 0 Å². The number of benzene rings is 1. The number of hydrogen-bond acceptors (Lipinski definition) is 4. The van der Waals surface area contributed by atoms with Gasteiger partial charge in [0.2, 0.25) is 0 Å². The second kappa shape index (κ2) is 6.04. The molecule has 0 saturated heterocycles. The molecule has 2 N–H and O–H groups in total. The second-order valence-corrected chi connectivity index (χ2v) is 4.75. The number of rotatable bonds is 5. The maximum absolute atomic E-state index is 12.2. The third kappa shape index (κ3) is 3.05. The Kier molecular flexibility index (Phi) is 4.39. The van der Waals surface area contributed by atoms with Crippen molar-refractivity contribution in [3.8, 4) is 0 Å². The highest BCUT2D eigenvalue weighted by atomic mass is 16.5. The summed E-state index contributed by atoms with van der Waals surface area (Å²) >= 11 is 0. The van der Waals surface area contributed by atoms with E-state index in [0.29, 0.717) is 13.2 Å². The summed E-state index contributed by atoms with van der Waals surface area (Å²) in [5, 5.41) is 0. The zero-order valence-corrected chi connectivity index (χ0v) is 11.4. The molecule has 19 heavy (non-hydrogen) atoms. The molecule has 0 aliphatic carbocycles. The standard InChI is InChI=1S/C14H20N2O3/c1-10-7-11-8-12(15)3-4-13(11)16(10)14(17)9-19-6-5-18-2/h3-4,8,10H,5-7,9,15H2,1-2H3. The predicted octanol–water partition coefficient (Wildman–Crippen LogP) is 1.21. The Hall–Kier alpha value is -1.59. The monoisotopic (exact) mass is 264 g/mol. The lowest BCUT2D eigenvalue weighted by molar-refractivity contribution is -0.123. The van der Waals surface area contributed by atoms with Gasteiger partial charge in [0.15, 0.2) is 0 Å². The van der Waals surface area contributed by atoms with E-state index in [2.05, 4.69) is 0 Å². The second-order valence-electron chi connectivity index (χ2n) is 4.75. The van der Waals surface area contributed by atoms with Gasteiger partial charge in [0.25, 0.3) is 5.91 Å². The zero-order chi connectivity index (χ0) is 13.8. The Morgan fingerprint density at radius 1 is 1.47 bits per heavy atom. The minimum Gasteiger partial charge on any atom is -0.399 e. The molecule has 1 aliphatic rings. The van der Waals surface area contributed by atoms with Gasteiger partial charge in [0, 0.05) is 24.5 Å². The molecule has 0 saturated carbocycles. The number of ether oxygens (including phenoxy) is 2. The minimum atomic E-state index is -0.0212. The molecule has 1 amide bonds. The van der Waals surface area contributed by atoms with Gasteiger partial charge in [0.05, 0.1) is 13.2 Å². The summed E-state index contributed by atoms with van der Waals surface area (Å²) in [6, 6.07) is 5.81. The maximum Gasteiger partial charge on any atom is 0.253 e. The number of fused-ring (bicyclic) bond motifs is 1. The van der Waals surface area contributed by atoms with Gasteiger partial charge in [-0.3, -0.25) is 4.79 Å². The largest absolute Gasteiger partial charge is 0.399 e. The normalized spacial score (nSPS) is 17.6. The van der Waals surface area contributed by atoms with Gasteiger partial charge in [-0.1, -0.05) is 0 Å². The van der Waals surface area contributed by atoms with Crippen LogP contribution in [0.2, 0.25) is 0 Å². The van der Waals surface area contributed by atoms with Crippen LogP contribution in [0.1, 0.15) is 12.5 Å². The summed E-state index contributed by atoms with van der Waals surface area (Å²) in [7, 11) is 1.61. The summed E-state index contributed by atoms with van der Waals surface area (Å²) in [5.41, 5.74) is 8.57. The molecular formula is C14H20N2O3. The summed E-state index contributed by atoms with van der Waals surface area (Å²) < 4.78 is 10.2. The number of hydrogen-bond donors (Lipinski definition) is 1. The molecule has 0 aromatic heterocycles. The lowest BCUT2D eigenvalue weighted by Crippen LogP contribution is -2.38. The maximum atomic E-state index is 12.2. The van der Waals surface area contributed by atoms with Crippen LogP contribution in [0, 0.1) is 0 Å². The number of methoxy groups -OCH3 is 1. The Labute approximate surface area is 113 Å². The molecule has 1 aromatic rings. The van der Waals surface area contributed by atoms with Gasteiger partial charge in [-0.2, -0.15) is 0 Å². The van der Waals surface area contributed by atoms with E-state index in [4.69, 9.17) is 15.2 Å². The highest BCUT2D eigenvalue weighted by Gasteiger charge is 2.30. The number of carbonyl (C=O) groups is 1. The smallest absolute Gasteiger partial charge is 0.253 e. The lowest BCUT2D eigenvalue weighted by atomic mass is 10.1. The summed E-state index contributed by atoms with van der Waals surface area (Å²) in [4.78, 5) is 14.0. The van der Waals surface area contributed by atoms with Crippen LogP contribution >= 0.6 is 0 Å². The van der Waals surface area contributed by atoms with Crippen molar-refractivity contribution in [3.05, 3.63) is 23.8 Å². The van der Waals surface area contributed by atoms with Crippen LogP contribution in [0.4, 0.5) is 11.4 Å². The first-order chi connectivity index (χ1) is 9.13. The fourth-order valence-electron chi connectivity index (χ4n) is 2.40. The van der Waals surface area contributed by atoms with Gasteiger partial charge >= 0.3 is 0 Å². The Bertz CT molecular complexity index is 462. The van der Waals surface area contributed by atoms with E-state index in [9.17, 15) is 4.79 Å². The average Bonchev–Trinajstić information content (AvgIpc) is 2.69. The van der Waals surface area contributed by atoms with Gasteiger partial charge < -0.3 is 20.1 Å². The van der Waals surface area contributed by atoms with E-state index in [1.165, 1.54) is 0 Å². The fraction of sp³-hybridized carbons (Fsp3) is 0.500. The highest BCUT2D eigenvalue weighted by molar-refractivity contribution is 5.97. The van der Waals surface area contributed by atoms with Crippen LogP contribution in [-0.2, 0) is 20.7 Å². The Balaban J connectivity index is 2.02. The number of nitrogens with zero attached hydrogens (tertiary/aromatic N) is 1. The molecular weight excluding hydrogens is 244 g/mol. The molecule has 2 rings (SSSR count).